The molecule has 6 heteroatoms. The van der Waals surface area contributed by atoms with Crippen molar-refractivity contribution in [3.8, 4) is 0 Å². The van der Waals surface area contributed by atoms with E-state index in [0.29, 0.717) is 12.0 Å². The maximum Gasteiger partial charge on any atom is 0.222 e. The maximum atomic E-state index is 5.90. The van der Waals surface area contributed by atoms with Crippen LogP contribution < -0.4 is 10.6 Å². The first-order chi connectivity index (χ1) is 11.6. The summed E-state index contributed by atoms with van der Waals surface area (Å²) in [5, 5.41) is 0. The van der Waals surface area contributed by atoms with Crippen molar-refractivity contribution in [3.63, 3.8) is 0 Å². The molecular weight excluding hydrogens is 302 g/mol. The van der Waals surface area contributed by atoms with Crippen molar-refractivity contribution in [3.05, 3.63) is 11.3 Å². The minimum atomic E-state index is 0.392. The minimum absolute atomic E-state index is 0.392. The Morgan fingerprint density at radius 1 is 1.17 bits per heavy atom. The van der Waals surface area contributed by atoms with Gasteiger partial charge < -0.3 is 15.4 Å². The van der Waals surface area contributed by atoms with Gasteiger partial charge in [0.25, 0.3) is 0 Å². The van der Waals surface area contributed by atoms with E-state index in [1.54, 1.807) is 0 Å². The number of nitrogen functional groups attached to an aromatic ring is 1. The second-order valence-corrected chi connectivity index (χ2v) is 7.04. The van der Waals surface area contributed by atoms with Crippen LogP contribution in [0.15, 0.2) is 0 Å². The number of hydrogen-bond donors (Lipinski definition) is 1. The van der Waals surface area contributed by atoms with E-state index in [1.165, 1.54) is 18.4 Å². The molecule has 24 heavy (non-hydrogen) atoms. The largest absolute Gasteiger partial charge is 0.379 e. The highest BCUT2D eigenvalue weighted by Gasteiger charge is 2.29. The van der Waals surface area contributed by atoms with Crippen LogP contribution in [-0.4, -0.2) is 60.3 Å². The van der Waals surface area contributed by atoms with Gasteiger partial charge >= 0.3 is 0 Å². The molecule has 3 rings (SSSR count). The van der Waals surface area contributed by atoms with Crippen LogP contribution >= 0.6 is 0 Å². The monoisotopic (exact) mass is 333 g/mol. The standard InChI is InChI=1S/C18H31N5O/c1-4-16-13(2)20-18(19)21-17(16)23-7-5-15(6-8-23)14(3)22-9-11-24-12-10-22/h14-15H,4-12H2,1-3H3,(H2,19,20,21). The van der Waals surface area contributed by atoms with E-state index < -0.39 is 0 Å². The Labute approximate surface area is 145 Å². The summed E-state index contributed by atoms with van der Waals surface area (Å²) in [7, 11) is 0. The lowest BCUT2D eigenvalue weighted by molar-refractivity contribution is 0.00447. The molecule has 0 saturated carbocycles. The Bertz CT molecular complexity index is 551. The molecular formula is C18H31N5O. The normalized spacial score (nSPS) is 21.9. The molecule has 2 fully saturated rings. The van der Waals surface area contributed by atoms with Crippen molar-refractivity contribution in [1.29, 1.82) is 0 Å². The third-order valence-corrected chi connectivity index (χ3v) is 5.71. The highest BCUT2D eigenvalue weighted by atomic mass is 16.5. The Morgan fingerprint density at radius 2 is 1.83 bits per heavy atom. The molecule has 0 spiro atoms. The maximum absolute atomic E-state index is 5.90. The second-order valence-electron chi connectivity index (χ2n) is 7.04. The van der Waals surface area contributed by atoms with Gasteiger partial charge in [0, 0.05) is 43.5 Å². The number of nitrogens with zero attached hydrogens (tertiary/aromatic N) is 4. The fraction of sp³-hybridized carbons (Fsp3) is 0.778. The molecule has 2 aliphatic heterocycles. The zero-order chi connectivity index (χ0) is 17.1. The molecule has 0 bridgehead atoms. The molecule has 1 aromatic rings. The number of aromatic nitrogens is 2. The summed E-state index contributed by atoms with van der Waals surface area (Å²) < 4.78 is 5.48. The van der Waals surface area contributed by atoms with Gasteiger partial charge in [0.1, 0.15) is 5.82 Å². The van der Waals surface area contributed by atoms with Crippen LogP contribution in [0.4, 0.5) is 11.8 Å². The van der Waals surface area contributed by atoms with E-state index in [0.717, 1.165) is 63.2 Å². The molecule has 0 amide bonds. The van der Waals surface area contributed by atoms with E-state index >= 15 is 0 Å². The summed E-state index contributed by atoms with van der Waals surface area (Å²) in [6.07, 6.45) is 3.38. The first kappa shape index (κ1) is 17.4. The topological polar surface area (TPSA) is 67.5 Å². The summed E-state index contributed by atoms with van der Waals surface area (Å²) in [4.78, 5) is 13.9. The Balaban J connectivity index is 1.65. The molecule has 6 nitrogen and oxygen atoms in total. The van der Waals surface area contributed by atoms with E-state index in [-0.39, 0.29) is 0 Å². The lowest BCUT2D eigenvalue weighted by Crippen LogP contribution is -2.48. The van der Waals surface area contributed by atoms with Crippen molar-refractivity contribution < 1.29 is 4.74 Å². The third-order valence-electron chi connectivity index (χ3n) is 5.71. The van der Waals surface area contributed by atoms with Gasteiger partial charge in [0.2, 0.25) is 5.95 Å². The lowest BCUT2D eigenvalue weighted by Gasteiger charge is -2.41. The first-order valence-electron chi connectivity index (χ1n) is 9.30. The van der Waals surface area contributed by atoms with Crippen LogP contribution in [0.1, 0.15) is 37.9 Å². The number of anilines is 2. The van der Waals surface area contributed by atoms with Gasteiger partial charge in [-0.2, -0.15) is 4.98 Å². The molecule has 2 aliphatic rings. The molecule has 0 radical (unpaired) electrons. The summed E-state index contributed by atoms with van der Waals surface area (Å²) in [6, 6.07) is 0.638. The Morgan fingerprint density at radius 3 is 2.46 bits per heavy atom. The number of nitrogens with two attached hydrogens (primary N) is 1. The van der Waals surface area contributed by atoms with Crippen molar-refractivity contribution in [1.82, 2.24) is 14.9 Å². The highest BCUT2D eigenvalue weighted by molar-refractivity contribution is 5.52. The molecule has 1 unspecified atom stereocenters. The van der Waals surface area contributed by atoms with Crippen LogP contribution in [-0.2, 0) is 11.2 Å². The number of rotatable bonds is 4. The lowest BCUT2D eigenvalue weighted by atomic mass is 9.89. The summed E-state index contributed by atoms with van der Waals surface area (Å²) in [5.41, 5.74) is 8.15. The summed E-state index contributed by atoms with van der Waals surface area (Å²) in [5.74, 6) is 2.20. The van der Waals surface area contributed by atoms with Crippen molar-refractivity contribution >= 4 is 11.8 Å². The molecule has 0 aliphatic carbocycles. The highest BCUT2D eigenvalue weighted by Crippen LogP contribution is 2.30. The van der Waals surface area contributed by atoms with Gasteiger partial charge in [-0.1, -0.05) is 6.92 Å². The SMILES string of the molecule is CCc1c(C)nc(N)nc1N1CCC(C(C)N2CCOCC2)CC1. The Hall–Kier alpha value is -1.40. The molecule has 134 valence electrons. The fourth-order valence-electron chi connectivity index (χ4n) is 4.15. The summed E-state index contributed by atoms with van der Waals surface area (Å²) in [6.45, 7) is 12.6. The molecule has 2 N–H and O–H groups in total. The number of aryl methyl sites for hydroxylation is 1. The van der Waals surface area contributed by atoms with Crippen LogP contribution in [0.5, 0.6) is 0 Å². The van der Waals surface area contributed by atoms with Gasteiger partial charge in [-0.3, -0.25) is 4.90 Å². The molecule has 1 aromatic heterocycles. The van der Waals surface area contributed by atoms with Gasteiger partial charge in [-0.25, -0.2) is 4.98 Å². The van der Waals surface area contributed by atoms with Crippen LogP contribution in [0.2, 0.25) is 0 Å². The molecule has 1 atom stereocenters. The van der Waals surface area contributed by atoms with E-state index in [1.807, 2.05) is 6.92 Å². The minimum Gasteiger partial charge on any atom is -0.379 e. The van der Waals surface area contributed by atoms with Gasteiger partial charge in [0.05, 0.1) is 13.2 Å². The van der Waals surface area contributed by atoms with E-state index in [2.05, 4.69) is 33.6 Å². The average Bonchev–Trinajstić information content (AvgIpc) is 2.61. The van der Waals surface area contributed by atoms with Crippen molar-refractivity contribution in [2.45, 2.75) is 46.1 Å². The van der Waals surface area contributed by atoms with Crippen LogP contribution in [0.3, 0.4) is 0 Å². The van der Waals surface area contributed by atoms with Gasteiger partial charge in [-0.05, 0) is 39.0 Å². The van der Waals surface area contributed by atoms with E-state index in [9.17, 15) is 0 Å². The number of morpholine rings is 1. The average molecular weight is 333 g/mol. The quantitative estimate of drug-likeness (QED) is 0.907. The van der Waals surface area contributed by atoms with Crippen molar-refractivity contribution in [2.75, 3.05) is 50.0 Å². The van der Waals surface area contributed by atoms with Gasteiger partial charge in [-0.15, -0.1) is 0 Å². The number of piperidine rings is 1. The predicted octanol–water partition coefficient (Wildman–Crippen LogP) is 1.87. The number of ether oxygens (including phenoxy) is 1. The van der Waals surface area contributed by atoms with Gasteiger partial charge in [0.15, 0.2) is 0 Å². The predicted molar refractivity (Wildman–Crippen MR) is 97.4 cm³/mol. The van der Waals surface area contributed by atoms with Crippen LogP contribution in [0, 0.1) is 12.8 Å². The first-order valence-corrected chi connectivity index (χ1v) is 9.30. The molecule has 2 saturated heterocycles. The number of hydrogen-bond acceptors (Lipinski definition) is 6. The zero-order valence-corrected chi connectivity index (χ0v) is 15.3. The third kappa shape index (κ3) is 3.64. The fourth-order valence-corrected chi connectivity index (χ4v) is 4.15. The van der Waals surface area contributed by atoms with E-state index in [4.69, 9.17) is 10.5 Å². The second kappa shape index (κ2) is 7.66. The molecule has 3 heterocycles. The smallest absolute Gasteiger partial charge is 0.222 e. The molecule has 0 aromatic carbocycles. The van der Waals surface area contributed by atoms with Crippen molar-refractivity contribution in [2.24, 2.45) is 5.92 Å². The summed E-state index contributed by atoms with van der Waals surface area (Å²) >= 11 is 0. The van der Waals surface area contributed by atoms with Crippen LogP contribution in [0.25, 0.3) is 0 Å². The zero-order valence-electron chi connectivity index (χ0n) is 15.3. The Kier molecular flexibility index (Phi) is 5.56.